The number of ether oxygens (including phenoxy) is 1. The Hall–Kier alpha value is -0.960. The van der Waals surface area contributed by atoms with Gasteiger partial charge in [0.1, 0.15) is 5.75 Å². The van der Waals surface area contributed by atoms with Crippen molar-refractivity contribution in [2.45, 2.75) is 62.6 Å². The molecule has 2 unspecified atom stereocenters. The molecule has 0 amide bonds. The van der Waals surface area contributed by atoms with Gasteiger partial charge in [0.05, 0.1) is 6.10 Å². The largest absolute Gasteiger partial charge is 0.491 e. The minimum Gasteiger partial charge on any atom is -0.491 e. The van der Waals surface area contributed by atoms with Crippen molar-refractivity contribution in [2.75, 3.05) is 0 Å². The van der Waals surface area contributed by atoms with Crippen LogP contribution >= 0.6 is 11.8 Å². The molecule has 2 fully saturated rings. The molecule has 2 heterocycles. The Labute approximate surface area is 131 Å². The Morgan fingerprint density at radius 2 is 1.76 bits per heavy atom. The van der Waals surface area contributed by atoms with Gasteiger partial charge in [0.25, 0.3) is 0 Å². The van der Waals surface area contributed by atoms with Crippen molar-refractivity contribution in [3.8, 4) is 5.75 Å². The topological polar surface area (TPSA) is 26.3 Å². The monoisotopic (exact) mass is 304 g/mol. The minimum absolute atomic E-state index is 0.168. The molecule has 0 radical (unpaired) electrons. The van der Waals surface area contributed by atoms with Crippen LogP contribution < -0.4 is 4.74 Å². The van der Waals surface area contributed by atoms with E-state index in [-0.39, 0.29) is 12.0 Å². The average molecular weight is 304 g/mol. The van der Waals surface area contributed by atoms with E-state index >= 15 is 0 Å². The lowest BCUT2D eigenvalue weighted by molar-refractivity contribution is 0.0896. The van der Waals surface area contributed by atoms with E-state index in [1.807, 2.05) is 38.1 Å². The first kappa shape index (κ1) is 15.0. The zero-order valence-electron chi connectivity index (χ0n) is 12.9. The molecule has 2 atom stereocenters. The molecule has 0 aliphatic carbocycles. The summed E-state index contributed by atoms with van der Waals surface area (Å²) >= 11 is 2.13. The van der Waals surface area contributed by atoms with Crippen LogP contribution in [0.15, 0.2) is 24.3 Å². The second-order valence-corrected chi connectivity index (χ2v) is 8.14. The van der Waals surface area contributed by atoms with Crippen LogP contribution in [0.3, 0.4) is 0 Å². The van der Waals surface area contributed by atoms with Gasteiger partial charge in [-0.05, 0) is 63.8 Å². The van der Waals surface area contributed by atoms with E-state index in [9.17, 15) is 4.79 Å². The van der Waals surface area contributed by atoms with Crippen molar-refractivity contribution >= 4 is 17.5 Å². The summed E-state index contributed by atoms with van der Waals surface area (Å²) in [5, 5.41) is 1.44. The summed E-state index contributed by atoms with van der Waals surface area (Å²) in [6.07, 6.45) is 6.26. The molecule has 2 aliphatic rings. The molecule has 1 aromatic carbocycles. The lowest BCUT2D eigenvalue weighted by atomic mass is 9.84. The molecule has 2 bridgehead atoms. The smallest absolute Gasteiger partial charge is 0.166 e. The summed E-state index contributed by atoms with van der Waals surface area (Å²) in [7, 11) is 0. The van der Waals surface area contributed by atoms with Crippen molar-refractivity contribution in [1.82, 2.24) is 0 Å². The highest BCUT2D eigenvalue weighted by Gasteiger charge is 2.35. The Morgan fingerprint density at radius 1 is 1.14 bits per heavy atom. The molecule has 2 aliphatic heterocycles. The summed E-state index contributed by atoms with van der Waals surface area (Å²) in [6, 6.07) is 7.70. The Morgan fingerprint density at radius 3 is 2.33 bits per heavy atom. The SMILES string of the molecule is CC(C)Oc1ccc(C(=O)C2CC3CCCC(C2)S3)cc1. The van der Waals surface area contributed by atoms with Gasteiger partial charge in [-0.25, -0.2) is 0 Å². The summed E-state index contributed by atoms with van der Waals surface area (Å²) in [4.78, 5) is 12.7. The van der Waals surface area contributed by atoms with Crippen LogP contribution in [0.5, 0.6) is 5.75 Å². The van der Waals surface area contributed by atoms with Crippen molar-refractivity contribution in [1.29, 1.82) is 0 Å². The van der Waals surface area contributed by atoms with E-state index in [4.69, 9.17) is 4.74 Å². The average Bonchev–Trinajstić information content (AvgIpc) is 2.46. The van der Waals surface area contributed by atoms with Crippen molar-refractivity contribution in [2.24, 2.45) is 5.92 Å². The molecule has 0 saturated carbocycles. The Kier molecular flexibility index (Phi) is 4.58. The maximum Gasteiger partial charge on any atom is 0.166 e. The first-order valence-corrected chi connectivity index (χ1v) is 9.02. The van der Waals surface area contributed by atoms with Gasteiger partial charge >= 0.3 is 0 Å². The maximum atomic E-state index is 12.7. The van der Waals surface area contributed by atoms with Gasteiger partial charge in [0.15, 0.2) is 5.78 Å². The second-order valence-electron chi connectivity index (χ2n) is 6.53. The molecule has 0 spiro atoms. The zero-order valence-corrected chi connectivity index (χ0v) is 13.7. The Bertz CT molecular complexity index is 482. The number of fused-ring (bicyclic) bond motifs is 2. The quantitative estimate of drug-likeness (QED) is 0.753. The summed E-state index contributed by atoms with van der Waals surface area (Å²) < 4.78 is 5.64. The van der Waals surface area contributed by atoms with Crippen molar-refractivity contribution in [3.05, 3.63) is 29.8 Å². The molecule has 2 saturated heterocycles. The van der Waals surface area contributed by atoms with E-state index in [0.717, 1.165) is 34.7 Å². The third kappa shape index (κ3) is 3.63. The van der Waals surface area contributed by atoms with Crippen LogP contribution in [-0.2, 0) is 0 Å². The highest BCUT2D eigenvalue weighted by Crippen LogP contribution is 2.44. The van der Waals surface area contributed by atoms with Crippen LogP contribution in [0.25, 0.3) is 0 Å². The fourth-order valence-electron chi connectivity index (χ4n) is 3.48. The summed E-state index contributed by atoms with van der Waals surface area (Å²) in [6.45, 7) is 4.02. The van der Waals surface area contributed by atoms with Gasteiger partial charge < -0.3 is 4.74 Å². The molecule has 3 rings (SSSR count). The highest BCUT2D eigenvalue weighted by molar-refractivity contribution is 8.00. The Balaban J connectivity index is 1.67. The number of rotatable bonds is 4. The normalized spacial score (nSPS) is 28.4. The molecule has 21 heavy (non-hydrogen) atoms. The fourth-order valence-corrected chi connectivity index (χ4v) is 5.32. The van der Waals surface area contributed by atoms with Crippen LogP contribution in [0, 0.1) is 5.92 Å². The van der Waals surface area contributed by atoms with Gasteiger partial charge in [-0.3, -0.25) is 4.79 Å². The van der Waals surface area contributed by atoms with Crippen LogP contribution in [0.1, 0.15) is 56.3 Å². The summed E-state index contributed by atoms with van der Waals surface area (Å²) in [5.74, 6) is 1.42. The van der Waals surface area contributed by atoms with Crippen LogP contribution in [0.4, 0.5) is 0 Å². The standard InChI is InChI=1S/C18H24O2S/c1-12(2)20-15-8-6-13(7-9-15)18(19)14-10-16-4-3-5-17(11-14)21-16/h6-9,12,14,16-17H,3-5,10-11H2,1-2H3. The lowest BCUT2D eigenvalue weighted by Crippen LogP contribution is -2.32. The number of hydrogen-bond acceptors (Lipinski definition) is 3. The van der Waals surface area contributed by atoms with E-state index in [0.29, 0.717) is 5.78 Å². The van der Waals surface area contributed by atoms with Crippen molar-refractivity contribution in [3.63, 3.8) is 0 Å². The van der Waals surface area contributed by atoms with E-state index in [1.165, 1.54) is 19.3 Å². The van der Waals surface area contributed by atoms with E-state index in [2.05, 4.69) is 11.8 Å². The number of hydrogen-bond donors (Lipinski definition) is 0. The molecule has 0 aromatic heterocycles. The second kappa shape index (κ2) is 6.43. The molecule has 2 nitrogen and oxygen atoms in total. The van der Waals surface area contributed by atoms with Crippen molar-refractivity contribution < 1.29 is 9.53 Å². The van der Waals surface area contributed by atoms with E-state index in [1.54, 1.807) is 0 Å². The third-order valence-electron chi connectivity index (χ3n) is 4.41. The lowest BCUT2D eigenvalue weighted by Gasteiger charge is -2.37. The van der Waals surface area contributed by atoms with Gasteiger partial charge in [0.2, 0.25) is 0 Å². The number of benzene rings is 1. The number of carbonyl (C=O) groups excluding carboxylic acids is 1. The van der Waals surface area contributed by atoms with Gasteiger partial charge in [-0.2, -0.15) is 11.8 Å². The van der Waals surface area contributed by atoms with Gasteiger partial charge in [-0.15, -0.1) is 0 Å². The first-order chi connectivity index (χ1) is 10.1. The van der Waals surface area contributed by atoms with Gasteiger partial charge in [0, 0.05) is 22.0 Å². The van der Waals surface area contributed by atoms with Gasteiger partial charge in [-0.1, -0.05) is 6.42 Å². The number of Topliss-reactive ketones (excluding diaryl/α,β-unsaturated/α-hetero) is 1. The third-order valence-corrected chi connectivity index (χ3v) is 6.04. The van der Waals surface area contributed by atoms with Crippen LogP contribution in [0.2, 0.25) is 0 Å². The minimum atomic E-state index is 0.168. The zero-order chi connectivity index (χ0) is 14.8. The molecule has 0 N–H and O–H groups in total. The summed E-state index contributed by atoms with van der Waals surface area (Å²) in [5.41, 5.74) is 0.848. The molecular weight excluding hydrogens is 280 g/mol. The molecule has 3 heteroatoms. The molecular formula is C18H24O2S. The number of ketones is 1. The molecule has 1 aromatic rings. The fraction of sp³-hybridized carbons (Fsp3) is 0.611. The number of carbonyl (C=O) groups is 1. The van der Waals surface area contributed by atoms with Crippen LogP contribution in [-0.4, -0.2) is 22.4 Å². The highest BCUT2D eigenvalue weighted by atomic mass is 32.2. The maximum absolute atomic E-state index is 12.7. The van der Waals surface area contributed by atoms with E-state index < -0.39 is 0 Å². The predicted octanol–water partition coefficient (Wildman–Crippen LogP) is 4.72. The molecule has 114 valence electrons. The number of thioether (sulfide) groups is 1. The predicted molar refractivity (Wildman–Crippen MR) is 88.3 cm³/mol. The first-order valence-electron chi connectivity index (χ1n) is 8.08.